The third kappa shape index (κ3) is 5.46. The van der Waals surface area contributed by atoms with Crippen molar-refractivity contribution in [3.05, 3.63) is 287 Å². The molecule has 3 nitrogen and oxygen atoms in total. The average molecular weight is 972 g/mol. The van der Waals surface area contributed by atoms with Crippen LogP contribution >= 0.6 is 0 Å². The summed E-state index contributed by atoms with van der Waals surface area (Å²) in [6, 6.07) is 85.4. The van der Waals surface area contributed by atoms with Gasteiger partial charge in [0.25, 0.3) is 0 Å². The second kappa shape index (κ2) is 15.0. The number of hydrogen-bond donors (Lipinski definition) is 0. The molecule has 5 aliphatic rings. The van der Waals surface area contributed by atoms with Gasteiger partial charge in [0.05, 0.1) is 5.41 Å². The van der Waals surface area contributed by atoms with Gasteiger partial charge in [-0.1, -0.05) is 214 Å². The van der Waals surface area contributed by atoms with Crippen LogP contribution in [0.1, 0.15) is 59.2 Å². The van der Waals surface area contributed by atoms with Crippen LogP contribution < -0.4 is 9.64 Å². The number of fused-ring (bicyclic) bond motifs is 20. The van der Waals surface area contributed by atoms with Crippen molar-refractivity contribution < 1.29 is 9.15 Å². The zero-order chi connectivity index (χ0) is 50.1. The monoisotopic (exact) mass is 971 g/mol. The van der Waals surface area contributed by atoms with E-state index in [0.29, 0.717) is 5.92 Å². The van der Waals surface area contributed by atoms with Crippen LogP contribution in [0.3, 0.4) is 0 Å². The first-order chi connectivity index (χ1) is 37.4. The fourth-order valence-corrected chi connectivity index (χ4v) is 14.7. The molecule has 0 N–H and O–H groups in total. The van der Waals surface area contributed by atoms with Crippen molar-refractivity contribution in [1.29, 1.82) is 0 Å². The number of benzene rings is 11. The van der Waals surface area contributed by atoms with Crippen LogP contribution in [-0.4, -0.2) is 0 Å². The largest absolute Gasteiger partial charge is 0.455 e. The molecule has 11 aromatic carbocycles. The van der Waals surface area contributed by atoms with Crippen molar-refractivity contribution in [3.8, 4) is 33.8 Å². The summed E-state index contributed by atoms with van der Waals surface area (Å²) in [5, 5.41) is 6.93. The van der Waals surface area contributed by atoms with Crippen molar-refractivity contribution in [3.63, 3.8) is 0 Å². The first-order valence-corrected chi connectivity index (χ1v) is 26.8. The summed E-state index contributed by atoms with van der Waals surface area (Å²) in [7, 11) is 0. The number of nitrogens with zero attached hydrogens (tertiary/aromatic N) is 1. The van der Waals surface area contributed by atoms with E-state index < -0.39 is 5.41 Å². The van der Waals surface area contributed by atoms with Crippen molar-refractivity contribution >= 4 is 66.1 Å². The molecule has 1 aromatic heterocycles. The Bertz CT molecular complexity index is 4480. The predicted octanol–water partition coefficient (Wildman–Crippen LogP) is 19.1. The summed E-state index contributed by atoms with van der Waals surface area (Å²) < 4.78 is 13.8. The Balaban J connectivity index is 0.790. The smallest absolute Gasteiger partial charge is 0.143 e. The summed E-state index contributed by atoms with van der Waals surface area (Å²) in [4.78, 5) is 2.44. The fraction of sp³-hybridized carbons (Fsp3) is 0.0959. The summed E-state index contributed by atoms with van der Waals surface area (Å²) in [5.74, 6) is 2.25. The number of furan rings is 1. The number of allylic oxidation sites excluding steroid dienone is 4. The summed E-state index contributed by atoms with van der Waals surface area (Å²) in [5.41, 5.74) is 21.3. The average Bonchev–Trinajstić information content (AvgIpc) is 4.12. The fourth-order valence-electron chi connectivity index (χ4n) is 14.7. The number of ether oxygens (including phenoxy) is 1. The second-order valence-corrected chi connectivity index (χ2v) is 22.3. The lowest BCUT2D eigenvalue weighted by Crippen LogP contribution is -2.33. The Morgan fingerprint density at radius 2 is 1.01 bits per heavy atom. The quantitative estimate of drug-likeness (QED) is 0.172. The van der Waals surface area contributed by atoms with E-state index in [0.717, 1.165) is 78.8 Å². The second-order valence-electron chi connectivity index (χ2n) is 22.3. The van der Waals surface area contributed by atoms with Crippen molar-refractivity contribution in [2.75, 3.05) is 4.90 Å². The summed E-state index contributed by atoms with van der Waals surface area (Å²) in [6.45, 7) is 4.71. The van der Waals surface area contributed by atoms with Crippen LogP contribution in [0.2, 0.25) is 0 Å². The highest BCUT2D eigenvalue weighted by molar-refractivity contribution is 6.10. The van der Waals surface area contributed by atoms with E-state index >= 15 is 0 Å². The van der Waals surface area contributed by atoms with E-state index in [9.17, 15) is 0 Å². The van der Waals surface area contributed by atoms with Gasteiger partial charge in [0.1, 0.15) is 22.7 Å². The predicted molar refractivity (Wildman–Crippen MR) is 312 cm³/mol. The maximum Gasteiger partial charge on any atom is 0.143 e. The lowest BCUT2D eigenvalue weighted by atomic mass is 9.64. The maximum absolute atomic E-state index is 7.25. The van der Waals surface area contributed by atoms with Gasteiger partial charge in [0.15, 0.2) is 0 Å². The van der Waals surface area contributed by atoms with E-state index in [2.05, 4.69) is 255 Å². The van der Waals surface area contributed by atoms with E-state index in [1.54, 1.807) is 0 Å². The van der Waals surface area contributed by atoms with Crippen LogP contribution in [0.15, 0.2) is 253 Å². The molecule has 0 amide bonds. The Morgan fingerprint density at radius 1 is 0.447 bits per heavy atom. The van der Waals surface area contributed by atoms with Gasteiger partial charge in [0, 0.05) is 66.1 Å². The molecule has 1 saturated carbocycles. The SMILES string of the molecule is CC1(C)c2ccccc2-c2cc(N(c3ccc(-c4cccc5c4oc4ccccc45)cc3)c3ccc(C45C=CC6=C(c7ccccc7C67c6ccc8ccccc8c6Oc6c7ccc7ccccc67)C4C5)cc3)ccc21. The van der Waals surface area contributed by atoms with Gasteiger partial charge >= 0.3 is 0 Å². The molecule has 2 unspecified atom stereocenters. The lowest BCUT2D eigenvalue weighted by molar-refractivity contribution is 0.446. The molecule has 358 valence electrons. The first-order valence-electron chi connectivity index (χ1n) is 26.8. The summed E-state index contributed by atoms with van der Waals surface area (Å²) >= 11 is 0. The van der Waals surface area contributed by atoms with E-state index in [1.807, 2.05) is 6.07 Å². The Labute approximate surface area is 441 Å². The van der Waals surface area contributed by atoms with Gasteiger partial charge in [-0.05, 0) is 121 Å². The summed E-state index contributed by atoms with van der Waals surface area (Å²) in [6.07, 6.45) is 6.13. The van der Waals surface area contributed by atoms with Crippen LogP contribution in [-0.2, 0) is 16.2 Å². The molecular formula is C73H49NO2. The molecule has 0 radical (unpaired) electrons. The molecule has 1 fully saturated rings. The van der Waals surface area contributed by atoms with Gasteiger partial charge in [-0.3, -0.25) is 0 Å². The molecule has 17 rings (SSSR count). The number of rotatable bonds is 5. The number of anilines is 3. The highest BCUT2D eigenvalue weighted by Gasteiger charge is 2.63. The first kappa shape index (κ1) is 42.2. The number of para-hydroxylation sites is 2. The Hall–Kier alpha value is -9.18. The molecule has 1 spiro atoms. The minimum absolute atomic E-state index is 0.0844. The molecule has 76 heavy (non-hydrogen) atoms. The van der Waals surface area contributed by atoms with Crippen molar-refractivity contribution in [2.24, 2.45) is 5.92 Å². The van der Waals surface area contributed by atoms with Gasteiger partial charge in [-0.25, -0.2) is 0 Å². The lowest BCUT2D eigenvalue weighted by Gasteiger charge is -2.41. The van der Waals surface area contributed by atoms with Gasteiger partial charge in [-0.15, -0.1) is 0 Å². The molecule has 2 atom stereocenters. The molecule has 4 aliphatic carbocycles. The molecular weight excluding hydrogens is 923 g/mol. The standard InChI is InChI=1S/C73H49NO2/c1-71(2)59-23-10-7-18-54(59)58-42-50(36-39-60(58)71)74(48-32-26-46(27-33-48)51-21-13-22-56-55-19-9-12-25-66(55)75-68(51)56)49-34-30-47(31-35-49)72-41-40-62-67(65(72)43-72)57-20-8-11-24-61(57)73(62)63-37-28-44-14-3-5-16-52(44)69(63)76-70-53-17-6-4-15-45(53)29-38-64(70)73/h3-42,65H,43H2,1-2H3. The van der Waals surface area contributed by atoms with E-state index in [4.69, 9.17) is 9.15 Å². The molecule has 2 heterocycles. The number of hydrogen-bond acceptors (Lipinski definition) is 3. The maximum atomic E-state index is 7.25. The minimum Gasteiger partial charge on any atom is -0.455 e. The van der Waals surface area contributed by atoms with E-state index in [-0.39, 0.29) is 10.8 Å². The normalized spacial score (nSPS) is 18.5. The van der Waals surface area contributed by atoms with Crippen molar-refractivity contribution in [2.45, 2.75) is 36.5 Å². The minimum atomic E-state index is -0.543. The zero-order valence-corrected chi connectivity index (χ0v) is 42.1. The molecule has 0 bridgehead atoms. The van der Waals surface area contributed by atoms with Crippen LogP contribution in [0, 0.1) is 5.92 Å². The van der Waals surface area contributed by atoms with Gasteiger partial charge in [-0.2, -0.15) is 0 Å². The third-order valence-electron chi connectivity index (χ3n) is 18.3. The zero-order valence-electron chi connectivity index (χ0n) is 42.1. The van der Waals surface area contributed by atoms with Crippen LogP contribution in [0.25, 0.3) is 71.3 Å². The van der Waals surface area contributed by atoms with Gasteiger partial charge in [0.2, 0.25) is 0 Å². The van der Waals surface area contributed by atoms with Crippen LogP contribution in [0.5, 0.6) is 11.5 Å². The Morgan fingerprint density at radius 3 is 1.75 bits per heavy atom. The molecule has 0 saturated heterocycles. The molecule has 3 heteroatoms. The van der Waals surface area contributed by atoms with Crippen molar-refractivity contribution in [1.82, 2.24) is 0 Å². The van der Waals surface area contributed by atoms with Crippen LogP contribution in [0.4, 0.5) is 17.1 Å². The molecule has 1 aliphatic heterocycles. The topological polar surface area (TPSA) is 25.6 Å². The molecule has 12 aromatic rings. The Kier molecular flexibility index (Phi) is 8.33. The van der Waals surface area contributed by atoms with Gasteiger partial charge < -0.3 is 14.1 Å². The highest BCUT2D eigenvalue weighted by atomic mass is 16.5. The van der Waals surface area contributed by atoms with E-state index in [1.165, 1.54) is 72.0 Å². The third-order valence-corrected chi connectivity index (χ3v) is 18.3. The highest BCUT2D eigenvalue weighted by Crippen LogP contribution is 2.72.